The molecule has 1 aliphatic rings. The van der Waals surface area contributed by atoms with E-state index in [9.17, 15) is 5.11 Å². The number of imidazole rings is 1. The van der Waals surface area contributed by atoms with E-state index in [1.165, 1.54) is 12.8 Å². The van der Waals surface area contributed by atoms with Gasteiger partial charge >= 0.3 is 0 Å². The molecule has 0 saturated heterocycles. The summed E-state index contributed by atoms with van der Waals surface area (Å²) in [4.78, 5) is 4.83. The molecule has 1 atom stereocenters. The minimum Gasteiger partial charge on any atom is -0.382 e. The van der Waals surface area contributed by atoms with E-state index in [4.69, 9.17) is 4.98 Å². The van der Waals surface area contributed by atoms with Crippen LogP contribution in [0, 0.1) is 6.92 Å². The third-order valence-corrected chi connectivity index (χ3v) is 6.19. The lowest BCUT2D eigenvalue weighted by atomic mass is 9.96. The summed E-state index contributed by atoms with van der Waals surface area (Å²) in [5, 5.41) is 25.6. The second-order valence-electron chi connectivity index (χ2n) is 8.38. The Morgan fingerprint density at radius 1 is 1.00 bits per heavy atom. The Morgan fingerprint density at radius 2 is 1.78 bits per heavy atom. The maximum Gasteiger partial charge on any atom is 0.205 e. The Labute approximate surface area is 184 Å². The van der Waals surface area contributed by atoms with Gasteiger partial charge in [-0.3, -0.25) is 0 Å². The highest BCUT2D eigenvalue weighted by molar-refractivity contribution is 5.80. The molecule has 158 valence electrons. The van der Waals surface area contributed by atoms with Crippen LogP contribution < -0.4 is 0 Å². The monoisotopic (exact) mass is 422 g/mol. The molecule has 32 heavy (non-hydrogen) atoms. The van der Waals surface area contributed by atoms with Crippen LogP contribution in [0.2, 0.25) is 0 Å². The summed E-state index contributed by atoms with van der Waals surface area (Å²) in [5.41, 5.74) is 7.75. The molecule has 2 N–H and O–H groups in total. The molecule has 2 aromatic carbocycles. The van der Waals surface area contributed by atoms with Crippen LogP contribution in [0.1, 0.15) is 47.4 Å². The van der Waals surface area contributed by atoms with Gasteiger partial charge in [-0.1, -0.05) is 54.6 Å². The topological polar surface area (TPSA) is 92.0 Å². The predicted octanol–water partition coefficient (Wildman–Crippen LogP) is 4.45. The van der Waals surface area contributed by atoms with Crippen LogP contribution in [0.25, 0.3) is 28.2 Å². The second-order valence-corrected chi connectivity index (χ2v) is 8.38. The van der Waals surface area contributed by atoms with Gasteiger partial charge in [-0.25, -0.2) is 4.98 Å². The van der Waals surface area contributed by atoms with E-state index in [0.717, 1.165) is 44.9 Å². The van der Waals surface area contributed by atoms with Crippen molar-refractivity contribution < 1.29 is 5.11 Å². The normalized spacial score (nSPS) is 14.7. The highest BCUT2D eigenvalue weighted by atomic mass is 16.3. The average molecular weight is 422 g/mol. The summed E-state index contributed by atoms with van der Waals surface area (Å²) >= 11 is 0. The van der Waals surface area contributed by atoms with E-state index in [1.54, 1.807) is 0 Å². The Bertz CT molecular complexity index is 1400. The first-order chi connectivity index (χ1) is 15.7. The van der Waals surface area contributed by atoms with Crippen LogP contribution in [0.15, 0.2) is 66.9 Å². The Hall–Kier alpha value is -3.84. The van der Waals surface area contributed by atoms with Gasteiger partial charge in [0, 0.05) is 17.7 Å². The van der Waals surface area contributed by atoms with Gasteiger partial charge in [0.25, 0.3) is 0 Å². The van der Waals surface area contributed by atoms with Crippen molar-refractivity contribution in [3.05, 3.63) is 89.4 Å². The number of fused-ring (bicyclic) bond motifs is 1. The van der Waals surface area contributed by atoms with Crippen LogP contribution in [0.3, 0.4) is 0 Å². The number of aliphatic hydroxyl groups excluding tert-OH is 1. The van der Waals surface area contributed by atoms with Crippen molar-refractivity contribution in [1.82, 2.24) is 30.0 Å². The number of aliphatic hydroxyl groups is 1. The molecule has 3 heterocycles. The first kappa shape index (κ1) is 18.9. The number of aromatic amines is 1. The minimum absolute atomic E-state index is 0.554. The first-order valence-corrected chi connectivity index (χ1v) is 10.8. The molecular formula is C25H22N6O. The van der Waals surface area contributed by atoms with Crippen LogP contribution in [-0.4, -0.2) is 35.1 Å². The molecule has 0 aliphatic heterocycles. The Balaban J connectivity index is 1.36. The molecule has 0 amide bonds. The lowest BCUT2D eigenvalue weighted by Gasteiger charge is -2.15. The second kappa shape index (κ2) is 7.39. The summed E-state index contributed by atoms with van der Waals surface area (Å²) in [6.45, 7) is 2.06. The zero-order valence-electron chi connectivity index (χ0n) is 17.6. The van der Waals surface area contributed by atoms with Crippen LogP contribution in [0.4, 0.5) is 0 Å². The number of H-pyrrole nitrogens is 1. The number of benzene rings is 2. The minimum atomic E-state index is -0.749. The molecule has 0 bridgehead atoms. The molecule has 1 fully saturated rings. The number of nitrogens with zero attached hydrogens (tertiary/aromatic N) is 5. The molecule has 0 radical (unpaired) electrons. The average Bonchev–Trinajstić information content (AvgIpc) is 3.34. The van der Waals surface area contributed by atoms with Crippen molar-refractivity contribution in [2.24, 2.45) is 0 Å². The Morgan fingerprint density at radius 3 is 2.50 bits per heavy atom. The van der Waals surface area contributed by atoms with Gasteiger partial charge in [0.05, 0.1) is 11.4 Å². The van der Waals surface area contributed by atoms with Gasteiger partial charge in [0.1, 0.15) is 11.8 Å². The van der Waals surface area contributed by atoms with Crippen molar-refractivity contribution in [2.45, 2.75) is 31.8 Å². The SMILES string of the molecule is Cc1ccc([C@H](O)c2ccc(-c3ccccc3-c3nn[nH]n3)cc2)n2cc(C3CC3)nc12. The van der Waals surface area contributed by atoms with Crippen molar-refractivity contribution in [3.63, 3.8) is 0 Å². The summed E-state index contributed by atoms with van der Waals surface area (Å²) in [6, 6.07) is 20.0. The maximum atomic E-state index is 11.2. The fourth-order valence-electron chi connectivity index (χ4n) is 4.26. The van der Waals surface area contributed by atoms with Crippen LogP contribution in [0.5, 0.6) is 0 Å². The molecular weight excluding hydrogens is 400 g/mol. The third-order valence-electron chi connectivity index (χ3n) is 6.19. The standard InChI is InChI=1S/C25H22N6O/c1-15-6-13-22(31-14-21(17-9-10-17)26-25(15)31)23(32)18-11-7-16(8-12-18)19-4-2-3-5-20(19)24-27-29-30-28-24/h2-8,11-14,17,23,32H,9-10H2,1H3,(H,27,28,29,30)/t23-/m1/s1. The van der Waals surface area contributed by atoms with E-state index in [-0.39, 0.29) is 0 Å². The fourth-order valence-corrected chi connectivity index (χ4v) is 4.26. The number of pyridine rings is 1. The van der Waals surface area contributed by atoms with Gasteiger partial charge in [0.15, 0.2) is 0 Å². The summed E-state index contributed by atoms with van der Waals surface area (Å²) in [6.07, 6.45) is 3.75. The number of rotatable bonds is 5. The van der Waals surface area contributed by atoms with Gasteiger partial charge in [-0.2, -0.15) is 5.21 Å². The number of hydrogen-bond donors (Lipinski definition) is 2. The van der Waals surface area contributed by atoms with Gasteiger partial charge in [0.2, 0.25) is 5.82 Å². The van der Waals surface area contributed by atoms with Crippen molar-refractivity contribution in [2.75, 3.05) is 0 Å². The number of aromatic nitrogens is 6. The molecule has 0 unspecified atom stereocenters. The van der Waals surface area contributed by atoms with Gasteiger partial charge in [-0.15, -0.1) is 10.2 Å². The zero-order chi connectivity index (χ0) is 21.7. The fraction of sp³-hybridized carbons (Fsp3) is 0.200. The molecule has 1 aliphatic carbocycles. The van der Waals surface area contributed by atoms with Gasteiger partial charge < -0.3 is 9.51 Å². The van der Waals surface area contributed by atoms with E-state index >= 15 is 0 Å². The van der Waals surface area contributed by atoms with Crippen molar-refractivity contribution in [1.29, 1.82) is 0 Å². The lowest BCUT2D eigenvalue weighted by Crippen LogP contribution is -2.06. The summed E-state index contributed by atoms with van der Waals surface area (Å²) in [5.74, 6) is 1.12. The highest BCUT2D eigenvalue weighted by Crippen LogP contribution is 2.40. The number of tetrazole rings is 1. The van der Waals surface area contributed by atoms with E-state index in [0.29, 0.717) is 11.7 Å². The maximum absolute atomic E-state index is 11.2. The van der Waals surface area contributed by atoms with Crippen molar-refractivity contribution >= 4 is 5.65 Å². The van der Waals surface area contributed by atoms with E-state index < -0.39 is 6.10 Å². The van der Waals surface area contributed by atoms with Crippen LogP contribution >= 0.6 is 0 Å². The molecule has 1 saturated carbocycles. The molecule has 3 aromatic heterocycles. The highest BCUT2D eigenvalue weighted by Gasteiger charge is 2.27. The first-order valence-electron chi connectivity index (χ1n) is 10.8. The lowest BCUT2D eigenvalue weighted by molar-refractivity contribution is 0.214. The predicted molar refractivity (Wildman–Crippen MR) is 121 cm³/mol. The van der Waals surface area contributed by atoms with E-state index in [1.807, 2.05) is 65.1 Å². The summed E-state index contributed by atoms with van der Waals surface area (Å²) in [7, 11) is 0. The zero-order valence-corrected chi connectivity index (χ0v) is 17.6. The molecule has 0 spiro atoms. The third kappa shape index (κ3) is 3.18. The smallest absolute Gasteiger partial charge is 0.205 e. The number of aryl methyl sites for hydroxylation is 1. The van der Waals surface area contributed by atoms with Gasteiger partial charge in [-0.05, 0) is 53.3 Å². The largest absolute Gasteiger partial charge is 0.382 e. The molecule has 5 aromatic rings. The molecule has 7 heteroatoms. The number of hydrogen-bond acceptors (Lipinski definition) is 5. The van der Waals surface area contributed by atoms with E-state index in [2.05, 4.69) is 33.7 Å². The number of nitrogens with one attached hydrogen (secondary N) is 1. The quantitative estimate of drug-likeness (QED) is 0.437. The molecule has 7 nitrogen and oxygen atoms in total. The molecule has 6 rings (SSSR count). The Kier molecular flexibility index (Phi) is 4.36. The van der Waals surface area contributed by atoms with Crippen molar-refractivity contribution in [3.8, 4) is 22.5 Å². The summed E-state index contributed by atoms with van der Waals surface area (Å²) < 4.78 is 2.05. The van der Waals surface area contributed by atoms with Crippen LogP contribution in [-0.2, 0) is 0 Å².